The molecule has 1 aliphatic heterocycles. The summed E-state index contributed by atoms with van der Waals surface area (Å²) >= 11 is 1.67. The molecule has 0 atom stereocenters. The Bertz CT molecular complexity index is 775. The minimum Gasteiger partial charge on any atom is -0.364 e. The molecule has 0 spiro atoms. The molecule has 2 heterocycles. The molecule has 0 radical (unpaired) electrons. The molecular weight excluding hydrogens is 356 g/mol. The fourth-order valence-electron chi connectivity index (χ4n) is 3.28. The highest BCUT2D eigenvalue weighted by atomic mass is 32.2. The molecule has 146 valence electrons. The third-order valence-corrected chi connectivity index (χ3v) is 5.65. The van der Waals surface area contributed by atoms with Gasteiger partial charge in [0.15, 0.2) is 5.82 Å². The Balaban J connectivity index is 1.73. The maximum absolute atomic E-state index is 5.44. The highest BCUT2D eigenvalue weighted by molar-refractivity contribution is 7.99. The molecular formula is C21H30N4OS. The number of hydrogen-bond acceptors (Lipinski definition) is 6. The largest absolute Gasteiger partial charge is 0.364 e. The van der Waals surface area contributed by atoms with E-state index in [1.165, 1.54) is 23.3 Å². The molecule has 6 heteroatoms. The van der Waals surface area contributed by atoms with Crippen LogP contribution in [0.15, 0.2) is 40.5 Å². The first kappa shape index (κ1) is 20.1. The number of methoxy groups -OCH3 is 1. The molecule has 0 unspecified atom stereocenters. The van der Waals surface area contributed by atoms with E-state index in [9.17, 15) is 0 Å². The first-order valence-electron chi connectivity index (χ1n) is 9.44. The Morgan fingerprint density at radius 2 is 1.96 bits per heavy atom. The van der Waals surface area contributed by atoms with Gasteiger partial charge in [-0.05, 0) is 49.5 Å². The molecule has 27 heavy (non-hydrogen) atoms. The van der Waals surface area contributed by atoms with Gasteiger partial charge < -0.3 is 9.64 Å². The SMILES string of the molecule is COCN1c2cc(CN(C)CCCC(C)(C)C)ccc2Sc2nccnc21. The number of anilines is 2. The molecule has 0 aliphatic carbocycles. The van der Waals surface area contributed by atoms with Crippen molar-refractivity contribution in [1.29, 1.82) is 0 Å². The number of hydrogen-bond donors (Lipinski definition) is 0. The summed E-state index contributed by atoms with van der Waals surface area (Å²) in [5, 5.41) is 0.925. The molecule has 0 saturated heterocycles. The van der Waals surface area contributed by atoms with Crippen molar-refractivity contribution in [1.82, 2.24) is 14.9 Å². The smallest absolute Gasteiger partial charge is 0.168 e. The minimum absolute atomic E-state index is 0.402. The number of fused-ring (bicyclic) bond motifs is 2. The molecule has 1 aliphatic rings. The van der Waals surface area contributed by atoms with Crippen molar-refractivity contribution >= 4 is 23.3 Å². The Labute approximate surface area is 167 Å². The van der Waals surface area contributed by atoms with Gasteiger partial charge in [0, 0.05) is 30.9 Å². The van der Waals surface area contributed by atoms with Crippen LogP contribution in [0.3, 0.4) is 0 Å². The number of benzene rings is 1. The van der Waals surface area contributed by atoms with E-state index in [1.807, 2.05) is 0 Å². The van der Waals surface area contributed by atoms with Gasteiger partial charge >= 0.3 is 0 Å². The van der Waals surface area contributed by atoms with Crippen LogP contribution in [-0.4, -0.2) is 42.3 Å². The van der Waals surface area contributed by atoms with Crippen molar-refractivity contribution in [2.75, 3.05) is 32.3 Å². The van der Waals surface area contributed by atoms with E-state index >= 15 is 0 Å². The summed E-state index contributed by atoms with van der Waals surface area (Å²) in [6.07, 6.45) is 5.94. The molecule has 5 nitrogen and oxygen atoms in total. The third-order valence-electron chi connectivity index (χ3n) is 4.60. The average molecular weight is 387 g/mol. The lowest BCUT2D eigenvalue weighted by molar-refractivity contribution is 0.204. The van der Waals surface area contributed by atoms with Gasteiger partial charge in [-0.25, -0.2) is 9.97 Å². The average Bonchev–Trinajstić information content (AvgIpc) is 2.61. The quantitative estimate of drug-likeness (QED) is 0.671. The van der Waals surface area contributed by atoms with E-state index in [0.717, 1.165) is 29.6 Å². The van der Waals surface area contributed by atoms with E-state index in [4.69, 9.17) is 4.74 Å². The topological polar surface area (TPSA) is 41.5 Å². The first-order valence-corrected chi connectivity index (χ1v) is 10.3. The summed E-state index contributed by atoms with van der Waals surface area (Å²) < 4.78 is 5.44. The van der Waals surface area contributed by atoms with Crippen molar-refractivity contribution in [2.24, 2.45) is 5.41 Å². The first-order chi connectivity index (χ1) is 12.9. The summed E-state index contributed by atoms with van der Waals surface area (Å²) in [4.78, 5) is 14.7. The normalized spacial score (nSPS) is 13.6. The Morgan fingerprint density at radius 3 is 2.70 bits per heavy atom. The van der Waals surface area contributed by atoms with Gasteiger partial charge in [-0.3, -0.25) is 4.90 Å². The van der Waals surface area contributed by atoms with E-state index in [1.54, 1.807) is 31.3 Å². The maximum atomic E-state index is 5.44. The number of ether oxygens (including phenoxy) is 1. The van der Waals surface area contributed by atoms with Crippen LogP contribution in [-0.2, 0) is 11.3 Å². The summed E-state index contributed by atoms with van der Waals surface area (Å²) in [5.41, 5.74) is 2.86. The Hall–Kier alpha value is -1.63. The zero-order valence-electron chi connectivity index (χ0n) is 17.0. The van der Waals surface area contributed by atoms with Crippen LogP contribution >= 0.6 is 11.8 Å². The summed E-state index contributed by atoms with van der Waals surface area (Å²) in [6, 6.07) is 6.68. The van der Waals surface area contributed by atoms with E-state index in [0.29, 0.717) is 12.1 Å². The Morgan fingerprint density at radius 1 is 1.19 bits per heavy atom. The molecule has 0 amide bonds. The van der Waals surface area contributed by atoms with Crippen LogP contribution in [0.4, 0.5) is 11.5 Å². The molecule has 0 fully saturated rings. The Kier molecular flexibility index (Phi) is 6.40. The van der Waals surface area contributed by atoms with E-state index in [-0.39, 0.29) is 0 Å². The number of rotatable bonds is 7. The molecule has 1 aromatic carbocycles. The number of aromatic nitrogens is 2. The van der Waals surface area contributed by atoms with E-state index in [2.05, 4.69) is 65.8 Å². The monoisotopic (exact) mass is 386 g/mol. The van der Waals surface area contributed by atoms with Crippen molar-refractivity contribution < 1.29 is 4.74 Å². The lowest BCUT2D eigenvalue weighted by atomic mass is 9.90. The predicted molar refractivity (Wildman–Crippen MR) is 112 cm³/mol. The van der Waals surface area contributed by atoms with Crippen LogP contribution in [0, 0.1) is 5.41 Å². The fraction of sp³-hybridized carbons (Fsp3) is 0.524. The zero-order valence-corrected chi connectivity index (χ0v) is 17.8. The second-order valence-corrected chi connectivity index (χ2v) is 9.37. The van der Waals surface area contributed by atoms with Gasteiger partial charge in [-0.15, -0.1) is 0 Å². The number of nitrogens with zero attached hydrogens (tertiary/aromatic N) is 4. The second kappa shape index (κ2) is 8.59. The van der Waals surface area contributed by atoms with Crippen LogP contribution in [0.5, 0.6) is 0 Å². The van der Waals surface area contributed by atoms with Crippen LogP contribution in [0.25, 0.3) is 0 Å². The third kappa shape index (κ3) is 5.21. The van der Waals surface area contributed by atoms with Crippen molar-refractivity contribution in [3.8, 4) is 0 Å². The van der Waals surface area contributed by atoms with Crippen molar-refractivity contribution in [2.45, 2.75) is 50.1 Å². The highest BCUT2D eigenvalue weighted by Crippen LogP contribution is 2.46. The van der Waals surface area contributed by atoms with Crippen molar-refractivity contribution in [3.05, 3.63) is 36.2 Å². The summed E-state index contributed by atoms with van der Waals surface area (Å²) in [6.45, 7) is 9.43. The second-order valence-electron chi connectivity index (χ2n) is 8.34. The molecule has 0 bridgehead atoms. The highest BCUT2D eigenvalue weighted by Gasteiger charge is 2.25. The van der Waals surface area contributed by atoms with Gasteiger partial charge in [-0.1, -0.05) is 38.6 Å². The van der Waals surface area contributed by atoms with Gasteiger partial charge in [0.2, 0.25) is 0 Å². The zero-order chi connectivity index (χ0) is 19.4. The summed E-state index contributed by atoms with van der Waals surface area (Å²) in [7, 11) is 3.91. The van der Waals surface area contributed by atoms with Gasteiger partial charge in [0.05, 0.1) is 5.69 Å². The van der Waals surface area contributed by atoms with Gasteiger partial charge in [-0.2, -0.15) is 0 Å². The maximum Gasteiger partial charge on any atom is 0.168 e. The molecule has 0 N–H and O–H groups in total. The van der Waals surface area contributed by atoms with Crippen LogP contribution in [0.2, 0.25) is 0 Å². The molecule has 2 aromatic rings. The molecule has 1 aromatic heterocycles. The lowest BCUT2D eigenvalue weighted by Gasteiger charge is -2.30. The predicted octanol–water partition coefficient (Wildman–Crippen LogP) is 4.94. The fourth-order valence-corrected chi connectivity index (χ4v) is 4.27. The molecule has 0 saturated carbocycles. The van der Waals surface area contributed by atoms with Gasteiger partial charge in [0.1, 0.15) is 11.8 Å². The lowest BCUT2D eigenvalue weighted by Crippen LogP contribution is -2.25. The standard InChI is InChI=1S/C21H30N4OS/c1-21(2,3)9-6-12-24(4)14-16-7-8-18-17(13-16)25(15-26-5)19-20(27-18)23-11-10-22-19/h7-8,10-11,13H,6,9,12,14-15H2,1-5H3. The van der Waals surface area contributed by atoms with Crippen LogP contribution in [0.1, 0.15) is 39.2 Å². The van der Waals surface area contributed by atoms with Crippen molar-refractivity contribution in [3.63, 3.8) is 0 Å². The molecule has 3 rings (SSSR count). The van der Waals surface area contributed by atoms with Crippen LogP contribution < -0.4 is 4.90 Å². The summed E-state index contributed by atoms with van der Waals surface area (Å²) in [5.74, 6) is 0.868. The minimum atomic E-state index is 0.402. The van der Waals surface area contributed by atoms with E-state index < -0.39 is 0 Å². The van der Waals surface area contributed by atoms with Gasteiger partial charge in [0.25, 0.3) is 0 Å².